The van der Waals surface area contributed by atoms with E-state index in [-0.39, 0.29) is 10.6 Å². The first-order valence-corrected chi connectivity index (χ1v) is 11.4. The van der Waals surface area contributed by atoms with Gasteiger partial charge in [-0.3, -0.25) is 15.0 Å². The summed E-state index contributed by atoms with van der Waals surface area (Å²) in [4.78, 5) is 16.3. The van der Waals surface area contributed by atoms with Crippen LogP contribution < -0.4 is 4.90 Å². The minimum atomic E-state index is -0.285. The molecular weight excluding hydrogens is 442 g/mol. The summed E-state index contributed by atoms with van der Waals surface area (Å²) in [6.07, 6.45) is 4.13. The molecule has 1 aliphatic heterocycles. The molecule has 0 fully saturated rings. The van der Waals surface area contributed by atoms with Crippen LogP contribution in [0.2, 0.25) is 0 Å². The monoisotopic (exact) mass is 465 g/mol. The van der Waals surface area contributed by atoms with Gasteiger partial charge in [-0.05, 0) is 69.5 Å². The van der Waals surface area contributed by atoms with Crippen molar-refractivity contribution < 1.29 is 9.55 Å². The molecular formula is C27H23N5O3. The van der Waals surface area contributed by atoms with Crippen molar-refractivity contribution in [1.82, 2.24) is 15.2 Å². The summed E-state index contributed by atoms with van der Waals surface area (Å²) in [5.41, 5.74) is 8.98. The second kappa shape index (κ2) is 7.89. The fourth-order valence-corrected chi connectivity index (χ4v) is 5.15. The van der Waals surface area contributed by atoms with Gasteiger partial charge in [0.1, 0.15) is 11.0 Å². The number of rotatable bonds is 4. The van der Waals surface area contributed by atoms with E-state index in [1.54, 1.807) is 0 Å². The number of nitrogens with zero attached hydrogens (tertiary/aromatic N) is 5. The van der Waals surface area contributed by atoms with Crippen LogP contribution in [0.25, 0.3) is 28.3 Å². The van der Waals surface area contributed by atoms with E-state index < -0.39 is 0 Å². The molecule has 8 nitrogen and oxygen atoms in total. The summed E-state index contributed by atoms with van der Waals surface area (Å²) in [7, 11) is 5.96. The Bertz CT molecular complexity index is 1560. The Balaban J connectivity index is 1.59. The Morgan fingerprint density at radius 3 is 2.40 bits per heavy atom. The lowest BCUT2D eigenvalue weighted by Gasteiger charge is -2.12. The smallest absolute Gasteiger partial charge is 0.284 e. The molecule has 3 aromatic carbocycles. The van der Waals surface area contributed by atoms with Crippen LogP contribution in [0, 0.1) is 10.1 Å². The van der Waals surface area contributed by atoms with Crippen LogP contribution in [0.1, 0.15) is 33.4 Å². The normalized spacial score (nSPS) is 16.0. The van der Waals surface area contributed by atoms with Crippen LogP contribution in [-0.4, -0.2) is 41.3 Å². The molecule has 2 aliphatic rings. The summed E-state index contributed by atoms with van der Waals surface area (Å²) in [5.74, 6) is 0. The molecule has 174 valence electrons. The largest absolute Gasteiger partial charge is 0.378 e. The summed E-state index contributed by atoms with van der Waals surface area (Å²) in [6, 6.07) is 16.3. The molecule has 0 bridgehead atoms. The zero-order valence-electron chi connectivity index (χ0n) is 19.6. The SMILES string of the molecule is CN1Cc2c([N+](=O)[O-])c(C3=C/C(=C\c4ccc(N(C)C)cc4)c4ccccc43)c3nonc3c2C1. The van der Waals surface area contributed by atoms with Crippen molar-refractivity contribution in [1.29, 1.82) is 0 Å². The summed E-state index contributed by atoms with van der Waals surface area (Å²) < 4.78 is 5.11. The summed E-state index contributed by atoms with van der Waals surface area (Å²) in [5, 5.41) is 20.7. The van der Waals surface area contributed by atoms with Crippen molar-refractivity contribution in [2.24, 2.45) is 0 Å². The molecule has 0 saturated heterocycles. The lowest BCUT2D eigenvalue weighted by atomic mass is 9.92. The van der Waals surface area contributed by atoms with E-state index in [9.17, 15) is 10.1 Å². The highest BCUT2D eigenvalue weighted by Crippen LogP contribution is 2.48. The van der Waals surface area contributed by atoms with E-state index in [2.05, 4.69) is 45.6 Å². The first kappa shape index (κ1) is 21.2. The number of aromatic nitrogens is 2. The Labute approximate surface area is 201 Å². The molecule has 35 heavy (non-hydrogen) atoms. The van der Waals surface area contributed by atoms with E-state index in [4.69, 9.17) is 4.63 Å². The highest BCUT2D eigenvalue weighted by Gasteiger charge is 2.37. The number of nitro benzene ring substituents is 1. The molecule has 6 rings (SSSR count). The van der Waals surface area contributed by atoms with Crippen molar-refractivity contribution in [2.45, 2.75) is 13.1 Å². The van der Waals surface area contributed by atoms with Gasteiger partial charge in [0.05, 0.1) is 16.1 Å². The number of benzene rings is 3. The second-order valence-electron chi connectivity index (χ2n) is 9.26. The van der Waals surface area contributed by atoms with Crippen molar-refractivity contribution in [3.8, 4) is 0 Å². The lowest BCUT2D eigenvalue weighted by Crippen LogP contribution is -2.08. The van der Waals surface area contributed by atoms with E-state index in [1.165, 1.54) is 0 Å². The molecule has 4 aromatic rings. The standard InChI is InChI=1S/C27H23N5O3/c1-30(2)18-10-8-16(9-11-18)12-17-13-21(20-7-5-4-6-19(17)20)24-26-25(28-35-29-26)22-14-31(3)15-23(22)27(24)32(33)34/h4-13H,14-15H2,1-3H3/b17-12+. The first-order chi connectivity index (χ1) is 16.9. The van der Waals surface area contributed by atoms with Crippen molar-refractivity contribution in [3.05, 3.63) is 98.1 Å². The third kappa shape index (κ3) is 3.33. The average Bonchev–Trinajstić information content (AvgIpc) is 3.55. The maximum absolute atomic E-state index is 12.4. The number of hydrogen-bond donors (Lipinski definition) is 0. The molecule has 0 atom stereocenters. The number of nitro groups is 1. The molecule has 2 heterocycles. The van der Waals surface area contributed by atoms with Gasteiger partial charge in [0.15, 0.2) is 0 Å². The van der Waals surface area contributed by atoms with E-state index >= 15 is 0 Å². The number of hydrogen-bond acceptors (Lipinski definition) is 7. The third-order valence-corrected chi connectivity index (χ3v) is 6.77. The van der Waals surface area contributed by atoms with Gasteiger partial charge >= 0.3 is 0 Å². The number of anilines is 1. The lowest BCUT2D eigenvalue weighted by molar-refractivity contribution is -0.385. The molecule has 0 unspecified atom stereocenters. The molecule has 1 aliphatic carbocycles. The van der Waals surface area contributed by atoms with Gasteiger partial charge in [0.25, 0.3) is 5.69 Å². The molecule has 0 amide bonds. The van der Waals surface area contributed by atoms with Gasteiger partial charge in [-0.1, -0.05) is 36.4 Å². The third-order valence-electron chi connectivity index (χ3n) is 6.77. The minimum Gasteiger partial charge on any atom is -0.378 e. The van der Waals surface area contributed by atoms with E-state index in [1.807, 2.05) is 56.4 Å². The van der Waals surface area contributed by atoms with Crippen LogP contribution in [-0.2, 0) is 13.1 Å². The van der Waals surface area contributed by atoms with Crippen LogP contribution in [0.4, 0.5) is 11.4 Å². The molecule has 1 aromatic heterocycles. The molecule has 0 N–H and O–H groups in total. The fraction of sp³-hybridized carbons (Fsp3) is 0.185. The maximum Gasteiger partial charge on any atom is 0.284 e. The maximum atomic E-state index is 12.4. The van der Waals surface area contributed by atoms with Gasteiger partial charge < -0.3 is 4.90 Å². The molecule has 8 heteroatoms. The second-order valence-corrected chi connectivity index (χ2v) is 9.26. The van der Waals surface area contributed by atoms with E-state index in [0.29, 0.717) is 35.2 Å². The summed E-state index contributed by atoms with van der Waals surface area (Å²) >= 11 is 0. The van der Waals surface area contributed by atoms with Crippen LogP contribution in [0.5, 0.6) is 0 Å². The Hall–Kier alpha value is -4.30. The first-order valence-electron chi connectivity index (χ1n) is 11.4. The molecule has 0 spiro atoms. The zero-order chi connectivity index (χ0) is 24.3. The van der Waals surface area contributed by atoms with E-state index in [0.717, 1.165) is 39.1 Å². The Morgan fingerprint density at radius 2 is 1.69 bits per heavy atom. The van der Waals surface area contributed by atoms with Gasteiger partial charge in [-0.15, -0.1) is 0 Å². The minimum absolute atomic E-state index is 0.0881. The van der Waals surface area contributed by atoms with Gasteiger partial charge in [0.2, 0.25) is 0 Å². The fourth-order valence-electron chi connectivity index (χ4n) is 5.15. The predicted molar refractivity (Wildman–Crippen MR) is 136 cm³/mol. The highest BCUT2D eigenvalue weighted by atomic mass is 16.6. The zero-order valence-corrected chi connectivity index (χ0v) is 19.6. The number of allylic oxidation sites excluding steroid dienone is 2. The quantitative estimate of drug-likeness (QED) is 0.305. The Kier molecular flexibility index (Phi) is 4.79. The van der Waals surface area contributed by atoms with Crippen molar-refractivity contribution in [2.75, 3.05) is 26.0 Å². The Morgan fingerprint density at radius 1 is 1.00 bits per heavy atom. The van der Waals surface area contributed by atoms with Gasteiger partial charge in [-0.25, -0.2) is 4.63 Å². The van der Waals surface area contributed by atoms with Crippen molar-refractivity contribution in [3.63, 3.8) is 0 Å². The van der Waals surface area contributed by atoms with Crippen LogP contribution >= 0.6 is 0 Å². The predicted octanol–water partition coefficient (Wildman–Crippen LogP) is 5.13. The highest BCUT2D eigenvalue weighted by molar-refractivity contribution is 6.11. The molecule has 0 saturated carbocycles. The number of fused-ring (bicyclic) bond motifs is 4. The van der Waals surface area contributed by atoms with Crippen LogP contribution in [0.15, 0.2) is 59.2 Å². The van der Waals surface area contributed by atoms with Gasteiger partial charge in [0, 0.05) is 38.4 Å². The van der Waals surface area contributed by atoms with Crippen molar-refractivity contribution >= 4 is 39.6 Å². The summed E-state index contributed by atoms with van der Waals surface area (Å²) in [6.45, 7) is 1.06. The average molecular weight is 466 g/mol. The molecule has 0 radical (unpaired) electrons. The topological polar surface area (TPSA) is 88.5 Å². The van der Waals surface area contributed by atoms with Crippen LogP contribution in [0.3, 0.4) is 0 Å². The van der Waals surface area contributed by atoms with Gasteiger partial charge in [-0.2, -0.15) is 0 Å².